The number of fused-ring (bicyclic) bond motifs is 9. The second-order valence-electron chi connectivity index (χ2n) is 13.0. The highest BCUT2D eigenvalue weighted by Crippen LogP contribution is 2.41. The van der Waals surface area contributed by atoms with Gasteiger partial charge in [-0.3, -0.25) is 0 Å². The number of para-hydroxylation sites is 4. The molecule has 0 aliphatic heterocycles. The summed E-state index contributed by atoms with van der Waals surface area (Å²) in [5.41, 5.74) is 13.5. The van der Waals surface area contributed by atoms with Crippen LogP contribution in [0.4, 0.5) is 0 Å². The quantitative estimate of drug-likeness (QED) is 0.190. The molecule has 5 heteroatoms. The molecular formula is C46H28N4O. The minimum absolute atomic E-state index is 0.705. The third kappa shape index (κ3) is 4.09. The molecule has 0 atom stereocenters. The molecule has 4 aromatic heterocycles. The molecule has 0 N–H and O–H groups in total. The topological polar surface area (TPSA) is 48.8 Å². The Morgan fingerprint density at radius 1 is 0.431 bits per heavy atom. The number of hydrogen-bond donors (Lipinski definition) is 0. The van der Waals surface area contributed by atoms with E-state index in [2.05, 4.69) is 159 Å². The van der Waals surface area contributed by atoms with Crippen LogP contribution in [0.2, 0.25) is 0 Å². The fourth-order valence-corrected chi connectivity index (χ4v) is 8.03. The molecule has 11 aromatic rings. The van der Waals surface area contributed by atoms with Gasteiger partial charge in [0.05, 0.1) is 22.1 Å². The van der Waals surface area contributed by atoms with Gasteiger partial charge in [-0.1, -0.05) is 97.1 Å². The number of hydrogen-bond acceptors (Lipinski definition) is 3. The highest BCUT2D eigenvalue weighted by Gasteiger charge is 2.19. The lowest BCUT2D eigenvalue weighted by Gasteiger charge is -2.10. The summed E-state index contributed by atoms with van der Waals surface area (Å²) in [6.45, 7) is 0. The molecule has 0 spiro atoms. The summed E-state index contributed by atoms with van der Waals surface area (Å²) >= 11 is 0. The van der Waals surface area contributed by atoms with Gasteiger partial charge in [0.1, 0.15) is 23.1 Å². The molecule has 51 heavy (non-hydrogen) atoms. The van der Waals surface area contributed by atoms with E-state index < -0.39 is 0 Å². The number of rotatable bonds is 4. The zero-order chi connectivity index (χ0) is 33.5. The lowest BCUT2D eigenvalue weighted by molar-refractivity contribution is 0.667. The third-order valence-corrected chi connectivity index (χ3v) is 10.3. The minimum atomic E-state index is 0.705. The SMILES string of the molecule is c1ccc(-n2c3ccccc3c3cc(-c4cccc5c4c4ccccc4n5-c4ccc(-c5ncnc6c5oc5ccccc56)cc4)ccc32)cc1. The van der Waals surface area contributed by atoms with Crippen LogP contribution in [0, 0.1) is 0 Å². The Bertz CT molecular complexity index is 3130. The van der Waals surface area contributed by atoms with Gasteiger partial charge < -0.3 is 13.6 Å². The van der Waals surface area contributed by atoms with Gasteiger partial charge in [-0.25, -0.2) is 9.97 Å². The monoisotopic (exact) mass is 652 g/mol. The Balaban J connectivity index is 1.08. The van der Waals surface area contributed by atoms with Crippen molar-refractivity contribution in [3.8, 4) is 33.8 Å². The molecule has 0 unspecified atom stereocenters. The molecule has 11 rings (SSSR count). The largest absolute Gasteiger partial charge is 0.452 e. The first-order valence-electron chi connectivity index (χ1n) is 17.2. The molecule has 238 valence electrons. The van der Waals surface area contributed by atoms with Crippen molar-refractivity contribution in [1.82, 2.24) is 19.1 Å². The van der Waals surface area contributed by atoms with E-state index in [4.69, 9.17) is 4.42 Å². The molecule has 0 amide bonds. The molecule has 0 fully saturated rings. The van der Waals surface area contributed by atoms with Gasteiger partial charge in [0.25, 0.3) is 0 Å². The van der Waals surface area contributed by atoms with Crippen molar-refractivity contribution < 1.29 is 4.42 Å². The summed E-state index contributed by atoms with van der Waals surface area (Å²) in [6.07, 6.45) is 1.62. The zero-order valence-electron chi connectivity index (χ0n) is 27.4. The lowest BCUT2D eigenvalue weighted by Crippen LogP contribution is -1.94. The van der Waals surface area contributed by atoms with Gasteiger partial charge in [0, 0.05) is 43.9 Å². The minimum Gasteiger partial charge on any atom is -0.452 e. The third-order valence-electron chi connectivity index (χ3n) is 10.3. The van der Waals surface area contributed by atoms with Gasteiger partial charge in [0.2, 0.25) is 0 Å². The molecule has 0 radical (unpaired) electrons. The molecule has 0 aliphatic rings. The number of aromatic nitrogens is 4. The first-order chi connectivity index (χ1) is 25.3. The fourth-order valence-electron chi connectivity index (χ4n) is 8.03. The summed E-state index contributed by atoms with van der Waals surface area (Å²) in [7, 11) is 0. The molecule has 0 bridgehead atoms. The summed E-state index contributed by atoms with van der Waals surface area (Å²) in [4.78, 5) is 9.21. The normalized spacial score (nSPS) is 11.9. The van der Waals surface area contributed by atoms with Crippen LogP contribution in [0.1, 0.15) is 0 Å². The van der Waals surface area contributed by atoms with E-state index >= 15 is 0 Å². The number of benzene rings is 7. The molecular weight excluding hydrogens is 625 g/mol. The van der Waals surface area contributed by atoms with E-state index in [0.717, 1.165) is 50.2 Å². The van der Waals surface area contributed by atoms with Gasteiger partial charge in [-0.2, -0.15) is 0 Å². The highest BCUT2D eigenvalue weighted by molar-refractivity contribution is 6.17. The Hall–Kier alpha value is -6.98. The van der Waals surface area contributed by atoms with E-state index in [1.165, 1.54) is 43.7 Å². The van der Waals surface area contributed by atoms with E-state index in [-0.39, 0.29) is 0 Å². The molecule has 0 aliphatic carbocycles. The van der Waals surface area contributed by atoms with Gasteiger partial charge >= 0.3 is 0 Å². The van der Waals surface area contributed by atoms with Crippen molar-refractivity contribution in [3.05, 3.63) is 170 Å². The van der Waals surface area contributed by atoms with Gasteiger partial charge in [-0.05, 0) is 77.9 Å². The molecule has 7 aromatic carbocycles. The summed E-state index contributed by atoms with van der Waals surface area (Å²) < 4.78 is 11.0. The van der Waals surface area contributed by atoms with Crippen LogP contribution in [-0.4, -0.2) is 19.1 Å². The van der Waals surface area contributed by atoms with Crippen molar-refractivity contribution in [2.45, 2.75) is 0 Å². The molecule has 4 heterocycles. The molecule has 5 nitrogen and oxygen atoms in total. The predicted molar refractivity (Wildman–Crippen MR) is 209 cm³/mol. The first kappa shape index (κ1) is 27.9. The van der Waals surface area contributed by atoms with Crippen LogP contribution in [0.25, 0.3) is 99.4 Å². The van der Waals surface area contributed by atoms with Crippen LogP contribution < -0.4 is 0 Å². The Kier molecular flexibility index (Phi) is 5.89. The average Bonchev–Trinajstić information content (AvgIpc) is 3.86. The standard InChI is InChI=1S/C46H28N4O/c1-2-11-31(12-3-1)49-38-17-7-4-13-34(38)37-27-30(23-26-40(37)49)33-16-10-19-41-43(33)35-14-5-8-18-39(35)50(41)32-24-21-29(22-25-32)44-46-45(48-28-47-44)36-15-6-9-20-42(36)51-46/h1-28H. The Labute approximate surface area is 292 Å². The van der Waals surface area contributed by atoms with Gasteiger partial charge in [0.15, 0.2) is 5.58 Å². The lowest BCUT2D eigenvalue weighted by atomic mass is 9.98. The van der Waals surface area contributed by atoms with Crippen LogP contribution in [0.15, 0.2) is 175 Å². The maximum Gasteiger partial charge on any atom is 0.180 e. The summed E-state index contributed by atoms with van der Waals surface area (Å²) in [6, 6.07) is 58.2. The maximum absolute atomic E-state index is 6.25. The van der Waals surface area contributed by atoms with Crippen LogP contribution in [0.3, 0.4) is 0 Å². The Morgan fingerprint density at radius 2 is 1.06 bits per heavy atom. The van der Waals surface area contributed by atoms with Crippen LogP contribution in [-0.2, 0) is 0 Å². The van der Waals surface area contributed by atoms with Crippen molar-refractivity contribution >= 4 is 65.7 Å². The number of furan rings is 1. The van der Waals surface area contributed by atoms with E-state index in [1.54, 1.807) is 6.33 Å². The van der Waals surface area contributed by atoms with Crippen molar-refractivity contribution in [2.24, 2.45) is 0 Å². The van der Waals surface area contributed by atoms with E-state index in [1.807, 2.05) is 24.3 Å². The van der Waals surface area contributed by atoms with E-state index in [0.29, 0.717) is 5.58 Å². The highest BCUT2D eigenvalue weighted by atomic mass is 16.3. The summed E-state index contributed by atoms with van der Waals surface area (Å²) in [5, 5.41) is 5.94. The molecule has 0 saturated heterocycles. The molecule has 0 saturated carbocycles. The second-order valence-corrected chi connectivity index (χ2v) is 13.0. The smallest absolute Gasteiger partial charge is 0.180 e. The van der Waals surface area contributed by atoms with Crippen LogP contribution >= 0.6 is 0 Å². The first-order valence-corrected chi connectivity index (χ1v) is 17.2. The van der Waals surface area contributed by atoms with Crippen molar-refractivity contribution in [2.75, 3.05) is 0 Å². The number of nitrogens with zero attached hydrogens (tertiary/aromatic N) is 4. The fraction of sp³-hybridized carbons (Fsp3) is 0. The maximum atomic E-state index is 6.25. The predicted octanol–water partition coefficient (Wildman–Crippen LogP) is 11.9. The second kappa shape index (κ2) is 10.8. The van der Waals surface area contributed by atoms with Crippen molar-refractivity contribution in [1.29, 1.82) is 0 Å². The van der Waals surface area contributed by atoms with E-state index in [9.17, 15) is 0 Å². The van der Waals surface area contributed by atoms with Gasteiger partial charge in [-0.15, -0.1) is 0 Å². The summed E-state index contributed by atoms with van der Waals surface area (Å²) in [5.74, 6) is 0. The average molecular weight is 653 g/mol. The zero-order valence-corrected chi connectivity index (χ0v) is 27.4. The Morgan fingerprint density at radius 3 is 1.90 bits per heavy atom. The van der Waals surface area contributed by atoms with Crippen molar-refractivity contribution in [3.63, 3.8) is 0 Å². The van der Waals surface area contributed by atoms with Crippen LogP contribution in [0.5, 0.6) is 0 Å².